The second-order valence-electron chi connectivity index (χ2n) is 3.99. The van der Waals surface area contributed by atoms with Crippen LogP contribution in [0.25, 0.3) is 0 Å². The van der Waals surface area contributed by atoms with Crippen molar-refractivity contribution in [3.05, 3.63) is 22.7 Å². The fourth-order valence-corrected chi connectivity index (χ4v) is 3.80. The third-order valence-corrected chi connectivity index (χ3v) is 5.17. The number of halogens is 1. The summed E-state index contributed by atoms with van der Waals surface area (Å²) in [4.78, 5) is 0.127. The monoisotopic (exact) mass is 352 g/mol. The Balaban J connectivity index is 2.86. The Kier molecular flexibility index (Phi) is 5.97. The average molecular weight is 353 g/mol. The van der Waals surface area contributed by atoms with Gasteiger partial charge in [-0.1, -0.05) is 15.9 Å². The fourth-order valence-electron chi connectivity index (χ4n) is 1.45. The molecular weight excluding hydrogens is 336 g/mol. The van der Waals surface area contributed by atoms with Gasteiger partial charge in [0.05, 0.1) is 5.69 Å². The molecule has 1 unspecified atom stereocenters. The highest BCUT2D eigenvalue weighted by Gasteiger charge is 2.19. The number of benzene rings is 1. The van der Waals surface area contributed by atoms with Crippen LogP contribution in [0.5, 0.6) is 0 Å². The van der Waals surface area contributed by atoms with E-state index >= 15 is 0 Å². The van der Waals surface area contributed by atoms with E-state index in [4.69, 9.17) is 5.73 Å². The number of thioether (sulfide) groups is 1. The first-order chi connectivity index (χ1) is 8.36. The third kappa shape index (κ3) is 4.46. The standard InChI is InChI=1S/C11H17BrN2O2S2/c1-8(5-6-17-2)14-18(15,16)11-4-3-9(12)7-10(11)13/h3-4,7-8,14H,5-6,13H2,1-2H3. The summed E-state index contributed by atoms with van der Waals surface area (Å²) in [6.45, 7) is 1.85. The van der Waals surface area contributed by atoms with Gasteiger partial charge < -0.3 is 5.73 Å². The number of anilines is 1. The van der Waals surface area contributed by atoms with Gasteiger partial charge in [0.2, 0.25) is 10.0 Å². The number of hydrogen-bond acceptors (Lipinski definition) is 4. The summed E-state index contributed by atoms with van der Waals surface area (Å²) < 4.78 is 27.6. The Labute approximate surface area is 121 Å². The normalized spacial score (nSPS) is 13.5. The van der Waals surface area contributed by atoms with Gasteiger partial charge >= 0.3 is 0 Å². The summed E-state index contributed by atoms with van der Waals surface area (Å²) in [5.41, 5.74) is 5.97. The Morgan fingerprint density at radius 2 is 2.17 bits per heavy atom. The van der Waals surface area contributed by atoms with E-state index in [2.05, 4.69) is 20.7 Å². The highest BCUT2D eigenvalue weighted by Crippen LogP contribution is 2.23. The van der Waals surface area contributed by atoms with Crippen molar-refractivity contribution in [1.82, 2.24) is 4.72 Å². The minimum atomic E-state index is -3.54. The molecule has 0 saturated heterocycles. The molecule has 0 radical (unpaired) electrons. The number of nitrogen functional groups attached to an aromatic ring is 1. The molecular formula is C11H17BrN2O2S2. The second kappa shape index (κ2) is 6.79. The van der Waals surface area contributed by atoms with Crippen molar-refractivity contribution in [3.63, 3.8) is 0 Å². The van der Waals surface area contributed by atoms with Crippen molar-refractivity contribution < 1.29 is 8.42 Å². The molecule has 0 bridgehead atoms. The molecule has 0 fully saturated rings. The van der Waals surface area contributed by atoms with Crippen LogP contribution in [0.1, 0.15) is 13.3 Å². The molecule has 3 N–H and O–H groups in total. The maximum atomic E-state index is 12.1. The largest absolute Gasteiger partial charge is 0.398 e. The molecule has 102 valence electrons. The van der Waals surface area contributed by atoms with Gasteiger partial charge in [-0.15, -0.1) is 0 Å². The summed E-state index contributed by atoms with van der Waals surface area (Å²) in [7, 11) is -3.54. The second-order valence-corrected chi connectivity index (χ2v) is 7.57. The Morgan fingerprint density at radius 1 is 1.50 bits per heavy atom. The lowest BCUT2D eigenvalue weighted by Gasteiger charge is -2.14. The van der Waals surface area contributed by atoms with Crippen LogP contribution in [0.3, 0.4) is 0 Å². The lowest BCUT2D eigenvalue weighted by molar-refractivity contribution is 0.557. The van der Waals surface area contributed by atoms with E-state index in [0.29, 0.717) is 0 Å². The SMILES string of the molecule is CSCCC(C)NS(=O)(=O)c1ccc(Br)cc1N. The van der Waals surface area contributed by atoms with Crippen LogP contribution in [-0.2, 0) is 10.0 Å². The molecule has 4 nitrogen and oxygen atoms in total. The minimum absolute atomic E-state index is 0.106. The van der Waals surface area contributed by atoms with Crippen molar-refractivity contribution >= 4 is 43.4 Å². The molecule has 1 rings (SSSR count). The summed E-state index contributed by atoms with van der Waals surface area (Å²) in [6, 6.07) is 4.65. The van der Waals surface area contributed by atoms with E-state index in [1.165, 1.54) is 6.07 Å². The molecule has 0 spiro atoms. The zero-order chi connectivity index (χ0) is 13.8. The van der Waals surface area contributed by atoms with Crippen LogP contribution in [0.15, 0.2) is 27.6 Å². The number of rotatable bonds is 6. The maximum absolute atomic E-state index is 12.1. The van der Waals surface area contributed by atoms with E-state index in [0.717, 1.165) is 16.6 Å². The number of nitrogens with two attached hydrogens (primary N) is 1. The zero-order valence-corrected chi connectivity index (χ0v) is 13.5. The third-order valence-electron chi connectivity index (χ3n) is 2.37. The van der Waals surface area contributed by atoms with Crippen LogP contribution in [0.2, 0.25) is 0 Å². The van der Waals surface area contributed by atoms with Gasteiger partial charge in [-0.3, -0.25) is 0 Å². The molecule has 0 aromatic heterocycles. The molecule has 0 aliphatic heterocycles. The van der Waals surface area contributed by atoms with Crippen LogP contribution in [0.4, 0.5) is 5.69 Å². The topological polar surface area (TPSA) is 72.2 Å². The molecule has 1 aromatic carbocycles. The average Bonchev–Trinajstić information content (AvgIpc) is 2.25. The number of nitrogens with one attached hydrogen (secondary N) is 1. The zero-order valence-electron chi connectivity index (χ0n) is 10.3. The van der Waals surface area contributed by atoms with Gasteiger partial charge in [-0.2, -0.15) is 11.8 Å². The van der Waals surface area contributed by atoms with Crippen molar-refractivity contribution in [2.24, 2.45) is 0 Å². The van der Waals surface area contributed by atoms with E-state index < -0.39 is 10.0 Å². The summed E-state index contributed by atoms with van der Waals surface area (Å²) in [5.74, 6) is 0.916. The molecule has 1 aromatic rings. The molecule has 0 aliphatic rings. The van der Waals surface area contributed by atoms with Crippen molar-refractivity contribution in [2.45, 2.75) is 24.3 Å². The molecule has 0 heterocycles. The Hall–Kier alpha value is -0.240. The lowest BCUT2D eigenvalue weighted by atomic mass is 10.3. The first-order valence-corrected chi connectivity index (χ1v) is 9.10. The molecule has 18 heavy (non-hydrogen) atoms. The number of sulfonamides is 1. The van der Waals surface area contributed by atoms with Gasteiger partial charge in [-0.05, 0) is 43.6 Å². The van der Waals surface area contributed by atoms with Gasteiger partial charge in [0.15, 0.2) is 0 Å². The number of hydrogen-bond donors (Lipinski definition) is 2. The Bertz CT molecular complexity index is 506. The van der Waals surface area contributed by atoms with Crippen molar-refractivity contribution in [1.29, 1.82) is 0 Å². The highest BCUT2D eigenvalue weighted by atomic mass is 79.9. The summed E-state index contributed by atoms with van der Waals surface area (Å²) >= 11 is 4.94. The van der Waals surface area contributed by atoms with E-state index in [1.54, 1.807) is 23.9 Å². The van der Waals surface area contributed by atoms with Crippen molar-refractivity contribution in [3.8, 4) is 0 Å². The van der Waals surface area contributed by atoms with Crippen LogP contribution < -0.4 is 10.5 Å². The Morgan fingerprint density at radius 3 is 2.72 bits per heavy atom. The van der Waals surface area contributed by atoms with Crippen LogP contribution >= 0.6 is 27.7 Å². The predicted molar refractivity (Wildman–Crippen MR) is 81.3 cm³/mol. The molecule has 7 heteroatoms. The van der Waals surface area contributed by atoms with E-state index in [9.17, 15) is 8.42 Å². The minimum Gasteiger partial charge on any atom is -0.398 e. The van der Waals surface area contributed by atoms with Gasteiger partial charge in [0.1, 0.15) is 4.90 Å². The maximum Gasteiger partial charge on any atom is 0.242 e. The van der Waals surface area contributed by atoms with Crippen LogP contribution in [0, 0.1) is 0 Å². The van der Waals surface area contributed by atoms with Gasteiger partial charge in [0.25, 0.3) is 0 Å². The first kappa shape index (κ1) is 15.8. The molecule has 0 amide bonds. The van der Waals surface area contributed by atoms with Gasteiger partial charge in [-0.25, -0.2) is 13.1 Å². The predicted octanol–water partition coefficient (Wildman–Crippen LogP) is 2.45. The summed E-state index contributed by atoms with van der Waals surface area (Å²) in [5, 5.41) is 0. The van der Waals surface area contributed by atoms with Crippen LogP contribution in [-0.4, -0.2) is 26.5 Å². The fraction of sp³-hybridized carbons (Fsp3) is 0.455. The van der Waals surface area contributed by atoms with E-state index in [1.807, 2.05) is 13.2 Å². The smallest absolute Gasteiger partial charge is 0.242 e. The molecule has 0 saturated carbocycles. The van der Waals surface area contributed by atoms with Gasteiger partial charge in [0, 0.05) is 10.5 Å². The lowest BCUT2D eigenvalue weighted by Crippen LogP contribution is -2.33. The summed E-state index contributed by atoms with van der Waals surface area (Å²) in [6.07, 6.45) is 2.78. The molecule has 1 atom stereocenters. The van der Waals surface area contributed by atoms with Crippen molar-refractivity contribution in [2.75, 3.05) is 17.7 Å². The highest BCUT2D eigenvalue weighted by molar-refractivity contribution is 9.10. The molecule has 0 aliphatic carbocycles. The quantitative estimate of drug-likeness (QED) is 0.771. The first-order valence-electron chi connectivity index (χ1n) is 5.43. The van der Waals surface area contributed by atoms with E-state index in [-0.39, 0.29) is 16.6 Å².